The topological polar surface area (TPSA) is 71.1 Å². The summed E-state index contributed by atoms with van der Waals surface area (Å²) in [5.74, 6) is 0.0943. The van der Waals surface area contributed by atoms with Gasteiger partial charge in [0.25, 0.3) is 5.91 Å². The first-order valence-electron chi connectivity index (χ1n) is 8.47. The number of carbonyl (C=O) groups is 1. The van der Waals surface area contributed by atoms with Gasteiger partial charge in [0.05, 0.1) is 12.2 Å². The van der Waals surface area contributed by atoms with Crippen molar-refractivity contribution in [2.75, 3.05) is 13.1 Å². The molecule has 1 atom stereocenters. The summed E-state index contributed by atoms with van der Waals surface area (Å²) in [6.45, 7) is 1.04. The number of ether oxygens (including phenoxy) is 1. The van der Waals surface area contributed by atoms with Crippen molar-refractivity contribution in [3.8, 4) is 17.0 Å². The third kappa shape index (κ3) is 3.78. The van der Waals surface area contributed by atoms with Gasteiger partial charge < -0.3 is 9.64 Å². The van der Waals surface area contributed by atoms with Gasteiger partial charge >= 0.3 is 0 Å². The lowest BCUT2D eigenvalue weighted by atomic mass is 10.1. The first kappa shape index (κ1) is 17.5. The number of pyridine rings is 1. The molecule has 1 saturated heterocycles. The molecule has 1 aliphatic heterocycles. The predicted molar refractivity (Wildman–Crippen MR) is 98.2 cm³/mol. The zero-order valence-electron chi connectivity index (χ0n) is 14.2. The number of benzene rings is 1. The fourth-order valence-corrected chi connectivity index (χ4v) is 3.18. The summed E-state index contributed by atoms with van der Waals surface area (Å²) in [6, 6.07) is 9.34. The molecule has 1 N–H and O–H groups in total. The molecule has 1 amide bonds. The highest BCUT2D eigenvalue weighted by atomic mass is 35.5. The molecule has 1 aromatic carbocycles. The molecule has 3 heterocycles. The second-order valence-corrected chi connectivity index (χ2v) is 6.67. The largest absolute Gasteiger partial charge is 0.487 e. The predicted octanol–water partition coefficient (Wildman–Crippen LogP) is 3.56. The quantitative estimate of drug-likeness (QED) is 0.744. The van der Waals surface area contributed by atoms with Crippen molar-refractivity contribution in [3.63, 3.8) is 0 Å². The third-order valence-electron chi connectivity index (χ3n) is 4.41. The highest BCUT2D eigenvalue weighted by Gasteiger charge is 2.29. The second-order valence-electron chi connectivity index (χ2n) is 6.26. The number of nitrogens with zero attached hydrogens (tertiary/aromatic N) is 3. The van der Waals surface area contributed by atoms with E-state index in [9.17, 15) is 9.18 Å². The van der Waals surface area contributed by atoms with Gasteiger partial charge in [-0.1, -0.05) is 11.6 Å². The fourth-order valence-electron chi connectivity index (χ4n) is 3.02. The standard InChI is InChI=1S/C19H16ClFN4O2/c20-15-10-22-7-5-18(15)27-14-6-8-25(11-14)19(26)17-9-16(23-24-17)12-1-3-13(21)4-2-12/h1-5,7,9-10,14H,6,8,11H2,(H,23,24)/t14-/m0/s1. The number of nitrogens with one attached hydrogen (secondary N) is 1. The van der Waals surface area contributed by atoms with Crippen LogP contribution in [0.25, 0.3) is 11.3 Å². The summed E-state index contributed by atoms with van der Waals surface area (Å²) in [5, 5.41) is 7.36. The lowest BCUT2D eigenvalue weighted by Gasteiger charge is -2.16. The van der Waals surface area contributed by atoms with Crippen LogP contribution in [0.2, 0.25) is 5.02 Å². The van der Waals surface area contributed by atoms with Crippen molar-refractivity contribution in [1.29, 1.82) is 0 Å². The molecule has 0 radical (unpaired) electrons. The molecule has 6 nitrogen and oxygen atoms in total. The van der Waals surface area contributed by atoms with Gasteiger partial charge in [-0.15, -0.1) is 0 Å². The maximum Gasteiger partial charge on any atom is 0.272 e. The van der Waals surface area contributed by atoms with E-state index in [2.05, 4.69) is 15.2 Å². The Morgan fingerprint density at radius 2 is 2.11 bits per heavy atom. The van der Waals surface area contributed by atoms with Crippen LogP contribution in [-0.4, -0.2) is 45.2 Å². The normalized spacial score (nSPS) is 16.5. The van der Waals surface area contributed by atoms with E-state index in [4.69, 9.17) is 16.3 Å². The monoisotopic (exact) mass is 386 g/mol. The molecule has 4 rings (SSSR count). The summed E-state index contributed by atoms with van der Waals surface area (Å²) < 4.78 is 18.9. The summed E-state index contributed by atoms with van der Waals surface area (Å²) in [7, 11) is 0. The van der Waals surface area contributed by atoms with E-state index in [-0.39, 0.29) is 17.8 Å². The molecule has 27 heavy (non-hydrogen) atoms. The Balaban J connectivity index is 1.42. The number of amides is 1. The van der Waals surface area contributed by atoms with Gasteiger partial charge in [-0.3, -0.25) is 14.9 Å². The van der Waals surface area contributed by atoms with Crippen LogP contribution >= 0.6 is 11.6 Å². The Bertz CT molecular complexity index is 960. The zero-order valence-corrected chi connectivity index (χ0v) is 15.0. The van der Waals surface area contributed by atoms with Crippen LogP contribution in [0, 0.1) is 5.82 Å². The maximum atomic E-state index is 13.0. The number of hydrogen-bond donors (Lipinski definition) is 1. The van der Waals surface area contributed by atoms with Gasteiger partial charge in [0.2, 0.25) is 0 Å². The molecule has 2 aromatic heterocycles. The molecule has 1 fully saturated rings. The number of likely N-dealkylation sites (tertiary alicyclic amines) is 1. The molecule has 138 valence electrons. The van der Waals surface area contributed by atoms with Crippen molar-refractivity contribution in [3.05, 3.63) is 65.3 Å². The van der Waals surface area contributed by atoms with Crippen LogP contribution in [0.15, 0.2) is 48.8 Å². The molecule has 8 heteroatoms. The number of hydrogen-bond acceptors (Lipinski definition) is 4. The Morgan fingerprint density at radius 3 is 2.89 bits per heavy atom. The lowest BCUT2D eigenvalue weighted by molar-refractivity contribution is 0.0766. The molecular formula is C19H16ClFN4O2. The SMILES string of the molecule is O=C(c1cc(-c2ccc(F)cc2)n[nH]1)N1CC[C@H](Oc2ccncc2Cl)C1. The van der Waals surface area contributed by atoms with Crippen molar-refractivity contribution >= 4 is 17.5 Å². The van der Waals surface area contributed by atoms with E-state index >= 15 is 0 Å². The summed E-state index contributed by atoms with van der Waals surface area (Å²) in [6.07, 6.45) is 3.72. The molecule has 0 saturated carbocycles. The van der Waals surface area contributed by atoms with E-state index in [1.54, 1.807) is 35.4 Å². The molecular weight excluding hydrogens is 371 g/mol. The Morgan fingerprint density at radius 1 is 1.30 bits per heavy atom. The van der Waals surface area contributed by atoms with Gasteiger partial charge in [0.15, 0.2) is 0 Å². The van der Waals surface area contributed by atoms with E-state index in [1.165, 1.54) is 18.3 Å². The van der Waals surface area contributed by atoms with E-state index in [0.717, 1.165) is 5.56 Å². The first-order chi connectivity index (χ1) is 13.1. The van der Waals surface area contributed by atoms with Crippen molar-refractivity contribution in [2.45, 2.75) is 12.5 Å². The number of rotatable bonds is 4. The van der Waals surface area contributed by atoms with Crippen molar-refractivity contribution in [2.24, 2.45) is 0 Å². The average Bonchev–Trinajstić information content (AvgIpc) is 3.34. The minimum atomic E-state index is -0.317. The molecule has 3 aromatic rings. The number of carbonyl (C=O) groups excluding carboxylic acids is 1. The fraction of sp³-hybridized carbons (Fsp3) is 0.211. The van der Waals surface area contributed by atoms with Crippen LogP contribution in [0.3, 0.4) is 0 Å². The minimum absolute atomic E-state index is 0.131. The van der Waals surface area contributed by atoms with Gasteiger partial charge in [-0.25, -0.2) is 4.39 Å². The van der Waals surface area contributed by atoms with Crippen molar-refractivity contribution in [1.82, 2.24) is 20.1 Å². The second kappa shape index (κ2) is 7.36. The summed E-state index contributed by atoms with van der Waals surface area (Å²) >= 11 is 6.06. The summed E-state index contributed by atoms with van der Waals surface area (Å²) in [4.78, 5) is 18.3. The maximum absolute atomic E-state index is 13.0. The highest BCUT2D eigenvalue weighted by Crippen LogP contribution is 2.26. The van der Waals surface area contributed by atoms with Crippen molar-refractivity contribution < 1.29 is 13.9 Å². The Labute approximate surface area is 159 Å². The molecule has 0 aliphatic carbocycles. The van der Waals surface area contributed by atoms with Gasteiger partial charge in [-0.2, -0.15) is 5.10 Å². The molecule has 0 unspecified atom stereocenters. The smallest absolute Gasteiger partial charge is 0.272 e. The molecule has 0 spiro atoms. The van der Waals surface area contributed by atoms with Gasteiger partial charge in [0, 0.05) is 37.0 Å². The Hall–Kier alpha value is -2.93. The number of halogens is 2. The number of H-pyrrole nitrogens is 1. The van der Waals surface area contributed by atoms with E-state index < -0.39 is 0 Å². The number of aromatic amines is 1. The molecule has 0 bridgehead atoms. The molecule has 1 aliphatic rings. The average molecular weight is 387 g/mol. The summed E-state index contributed by atoms with van der Waals surface area (Å²) in [5.41, 5.74) is 1.72. The van der Waals surface area contributed by atoms with Gasteiger partial charge in [-0.05, 0) is 30.3 Å². The van der Waals surface area contributed by atoms with Gasteiger partial charge in [0.1, 0.15) is 28.4 Å². The minimum Gasteiger partial charge on any atom is -0.487 e. The number of aromatic nitrogens is 3. The van der Waals surface area contributed by atoms with Crippen LogP contribution in [0.1, 0.15) is 16.9 Å². The Kier molecular flexibility index (Phi) is 4.77. The van der Waals surface area contributed by atoms with Crippen LogP contribution < -0.4 is 4.74 Å². The van der Waals surface area contributed by atoms with Crippen LogP contribution in [0.4, 0.5) is 4.39 Å². The lowest BCUT2D eigenvalue weighted by Crippen LogP contribution is -2.31. The van der Waals surface area contributed by atoms with Crippen LogP contribution in [0.5, 0.6) is 5.75 Å². The van der Waals surface area contributed by atoms with E-state index in [1.807, 2.05) is 0 Å². The first-order valence-corrected chi connectivity index (χ1v) is 8.85. The third-order valence-corrected chi connectivity index (χ3v) is 4.69. The highest BCUT2D eigenvalue weighted by molar-refractivity contribution is 6.31. The zero-order chi connectivity index (χ0) is 18.8. The van der Waals surface area contributed by atoms with Crippen LogP contribution in [-0.2, 0) is 0 Å². The van der Waals surface area contributed by atoms with E-state index in [0.29, 0.717) is 41.7 Å².